The molecule has 2 aliphatic carbocycles. The highest BCUT2D eigenvalue weighted by molar-refractivity contribution is 6.30. The van der Waals surface area contributed by atoms with Crippen LogP contribution >= 0.6 is 11.6 Å². The Hall–Kier alpha value is -1.55. The van der Waals surface area contributed by atoms with Crippen LogP contribution in [0, 0.1) is 17.8 Å². The lowest BCUT2D eigenvalue weighted by Gasteiger charge is -2.24. The molecule has 3 fully saturated rings. The number of fused-ring (bicyclic) bond motifs is 1. The summed E-state index contributed by atoms with van der Waals surface area (Å²) >= 11 is 6.03. The van der Waals surface area contributed by atoms with Crippen LogP contribution in [-0.2, 0) is 9.59 Å². The average Bonchev–Trinajstić information content (AvgIpc) is 3.04. The molecule has 4 nitrogen and oxygen atoms in total. The molecule has 5 heteroatoms. The standard InChI is InChI=1S/C18H20ClNO3/c19-12-5-1-3-10(7-12)14-8-15(14)17(21)20-9-11-4-2-6-13(11)16(20)18(22)23/h1,3,5,7,11,13-16H,2,4,6,8-9H2,(H,22,23). The van der Waals surface area contributed by atoms with Crippen molar-refractivity contribution in [2.24, 2.45) is 17.8 Å². The summed E-state index contributed by atoms with van der Waals surface area (Å²) in [5.41, 5.74) is 1.09. The van der Waals surface area contributed by atoms with Crippen molar-refractivity contribution in [3.05, 3.63) is 34.9 Å². The normalized spacial score (nSPS) is 35.2. The number of hydrogen-bond donors (Lipinski definition) is 1. The summed E-state index contributed by atoms with van der Waals surface area (Å²) in [5, 5.41) is 10.3. The molecule has 1 heterocycles. The fourth-order valence-electron chi connectivity index (χ4n) is 4.64. The number of carbonyl (C=O) groups is 2. The maximum atomic E-state index is 12.9. The van der Waals surface area contributed by atoms with E-state index in [1.807, 2.05) is 24.3 Å². The molecule has 23 heavy (non-hydrogen) atoms. The molecule has 1 aliphatic heterocycles. The number of hydrogen-bond acceptors (Lipinski definition) is 2. The fourth-order valence-corrected chi connectivity index (χ4v) is 4.83. The van der Waals surface area contributed by atoms with Crippen molar-refractivity contribution in [2.75, 3.05) is 6.54 Å². The minimum absolute atomic E-state index is 0.0248. The van der Waals surface area contributed by atoms with E-state index in [0.29, 0.717) is 17.5 Å². The molecule has 0 radical (unpaired) electrons. The number of amides is 1. The minimum Gasteiger partial charge on any atom is -0.480 e. The van der Waals surface area contributed by atoms with Crippen molar-refractivity contribution < 1.29 is 14.7 Å². The van der Waals surface area contributed by atoms with E-state index in [4.69, 9.17) is 11.6 Å². The van der Waals surface area contributed by atoms with Gasteiger partial charge in [-0.2, -0.15) is 0 Å². The smallest absolute Gasteiger partial charge is 0.326 e. The SMILES string of the molecule is O=C(O)C1C2CCCC2CN1C(=O)C1CC1c1cccc(Cl)c1. The first kappa shape index (κ1) is 15.0. The lowest BCUT2D eigenvalue weighted by molar-refractivity contribution is -0.150. The minimum atomic E-state index is -0.840. The van der Waals surface area contributed by atoms with Crippen LogP contribution in [0.5, 0.6) is 0 Å². The predicted octanol–water partition coefficient (Wildman–Crippen LogP) is 3.16. The topological polar surface area (TPSA) is 57.6 Å². The van der Waals surface area contributed by atoms with Gasteiger partial charge in [-0.1, -0.05) is 30.2 Å². The lowest BCUT2D eigenvalue weighted by atomic mass is 9.94. The molecule has 3 aliphatic rings. The Morgan fingerprint density at radius 1 is 1.26 bits per heavy atom. The van der Waals surface area contributed by atoms with E-state index < -0.39 is 12.0 Å². The average molecular weight is 334 g/mol. The second-order valence-corrected chi connectivity index (χ2v) is 7.57. The highest BCUT2D eigenvalue weighted by atomic mass is 35.5. The van der Waals surface area contributed by atoms with E-state index in [2.05, 4.69) is 0 Å². The third kappa shape index (κ3) is 2.53. The molecule has 5 unspecified atom stereocenters. The van der Waals surface area contributed by atoms with Gasteiger partial charge in [0, 0.05) is 17.5 Å². The molecular formula is C18H20ClNO3. The largest absolute Gasteiger partial charge is 0.480 e. The number of rotatable bonds is 3. The van der Waals surface area contributed by atoms with Gasteiger partial charge >= 0.3 is 5.97 Å². The molecule has 0 aromatic heterocycles. The van der Waals surface area contributed by atoms with Crippen molar-refractivity contribution in [1.82, 2.24) is 4.90 Å². The van der Waals surface area contributed by atoms with Crippen LogP contribution in [0.2, 0.25) is 5.02 Å². The summed E-state index contributed by atoms with van der Waals surface area (Å²) < 4.78 is 0. The molecule has 1 saturated heterocycles. The highest BCUT2D eigenvalue weighted by Crippen LogP contribution is 2.51. The zero-order valence-corrected chi connectivity index (χ0v) is 13.6. The molecule has 4 rings (SSSR count). The molecule has 0 bridgehead atoms. The van der Waals surface area contributed by atoms with Crippen LogP contribution in [0.15, 0.2) is 24.3 Å². The number of benzene rings is 1. The van der Waals surface area contributed by atoms with Crippen LogP contribution in [-0.4, -0.2) is 34.5 Å². The molecule has 0 spiro atoms. The summed E-state index contributed by atoms with van der Waals surface area (Å²) in [6.07, 6.45) is 3.89. The van der Waals surface area contributed by atoms with Crippen LogP contribution in [0.25, 0.3) is 0 Å². The van der Waals surface area contributed by atoms with E-state index in [-0.39, 0.29) is 23.7 Å². The summed E-state index contributed by atoms with van der Waals surface area (Å²) in [6, 6.07) is 7.02. The fraction of sp³-hybridized carbons (Fsp3) is 0.556. The van der Waals surface area contributed by atoms with Crippen LogP contribution in [0.3, 0.4) is 0 Å². The summed E-state index contributed by atoms with van der Waals surface area (Å²) in [6.45, 7) is 0.624. The monoisotopic (exact) mass is 333 g/mol. The van der Waals surface area contributed by atoms with Gasteiger partial charge in [0.05, 0.1) is 0 Å². The second kappa shape index (κ2) is 5.52. The Morgan fingerprint density at radius 3 is 2.83 bits per heavy atom. The first-order valence-electron chi connectivity index (χ1n) is 8.35. The number of likely N-dealkylation sites (tertiary alicyclic amines) is 1. The third-order valence-corrected chi connectivity index (χ3v) is 6.05. The van der Waals surface area contributed by atoms with E-state index in [1.54, 1.807) is 4.90 Å². The third-order valence-electron chi connectivity index (χ3n) is 5.81. The Morgan fingerprint density at radius 2 is 2.09 bits per heavy atom. The van der Waals surface area contributed by atoms with E-state index in [9.17, 15) is 14.7 Å². The number of carboxylic acid groups (broad SMARTS) is 1. The lowest BCUT2D eigenvalue weighted by Crippen LogP contribution is -2.44. The molecule has 1 N–H and O–H groups in total. The molecular weight excluding hydrogens is 314 g/mol. The maximum absolute atomic E-state index is 12.9. The van der Waals surface area contributed by atoms with Gasteiger partial charge < -0.3 is 10.0 Å². The van der Waals surface area contributed by atoms with Gasteiger partial charge in [-0.25, -0.2) is 4.79 Å². The van der Waals surface area contributed by atoms with Crippen molar-refractivity contribution in [3.8, 4) is 0 Å². The number of carboxylic acids is 1. The quantitative estimate of drug-likeness (QED) is 0.924. The van der Waals surface area contributed by atoms with E-state index >= 15 is 0 Å². The van der Waals surface area contributed by atoms with Gasteiger partial charge in [-0.05, 0) is 54.7 Å². The number of nitrogens with zero attached hydrogens (tertiary/aromatic N) is 1. The Balaban J connectivity index is 1.50. The van der Waals surface area contributed by atoms with Crippen molar-refractivity contribution in [1.29, 1.82) is 0 Å². The Labute approximate surface area is 140 Å². The summed E-state index contributed by atoms with van der Waals surface area (Å²) in [7, 11) is 0. The second-order valence-electron chi connectivity index (χ2n) is 7.13. The molecule has 1 amide bonds. The van der Waals surface area contributed by atoms with Gasteiger partial charge in [-0.15, -0.1) is 0 Å². The van der Waals surface area contributed by atoms with Crippen molar-refractivity contribution in [3.63, 3.8) is 0 Å². The molecule has 5 atom stereocenters. The number of aliphatic carboxylic acids is 1. The van der Waals surface area contributed by atoms with Crippen molar-refractivity contribution >= 4 is 23.5 Å². The van der Waals surface area contributed by atoms with Gasteiger partial charge in [0.25, 0.3) is 0 Å². The Bertz CT molecular complexity index is 661. The van der Waals surface area contributed by atoms with Gasteiger partial charge in [0.15, 0.2) is 0 Å². The number of halogens is 1. The van der Waals surface area contributed by atoms with Crippen LogP contribution in [0.1, 0.15) is 37.2 Å². The molecule has 1 aromatic carbocycles. The van der Waals surface area contributed by atoms with Crippen LogP contribution < -0.4 is 0 Å². The Kier molecular flexibility index (Phi) is 3.60. The van der Waals surface area contributed by atoms with Crippen LogP contribution in [0.4, 0.5) is 0 Å². The van der Waals surface area contributed by atoms with Crippen molar-refractivity contribution in [2.45, 2.75) is 37.6 Å². The molecule has 2 saturated carbocycles. The predicted molar refractivity (Wildman–Crippen MR) is 86.3 cm³/mol. The van der Waals surface area contributed by atoms with E-state index in [1.165, 1.54) is 0 Å². The zero-order valence-electron chi connectivity index (χ0n) is 12.8. The van der Waals surface area contributed by atoms with Gasteiger partial charge in [0.2, 0.25) is 5.91 Å². The maximum Gasteiger partial charge on any atom is 0.326 e. The van der Waals surface area contributed by atoms with Gasteiger partial charge in [0.1, 0.15) is 6.04 Å². The summed E-state index contributed by atoms with van der Waals surface area (Å²) in [4.78, 5) is 26.2. The first-order chi connectivity index (χ1) is 11.1. The first-order valence-corrected chi connectivity index (χ1v) is 8.73. The van der Waals surface area contributed by atoms with E-state index in [0.717, 1.165) is 31.2 Å². The zero-order chi connectivity index (χ0) is 16.1. The van der Waals surface area contributed by atoms with Gasteiger partial charge in [-0.3, -0.25) is 4.79 Å². The molecule has 1 aromatic rings. The molecule has 122 valence electrons. The number of carbonyl (C=O) groups excluding carboxylic acids is 1. The highest BCUT2D eigenvalue weighted by Gasteiger charge is 2.54. The summed E-state index contributed by atoms with van der Waals surface area (Å²) in [5.74, 6) is -0.169.